The minimum Gasteiger partial charge on any atom is -0.457 e. The highest BCUT2D eigenvalue weighted by Gasteiger charge is 2.48. The van der Waals surface area contributed by atoms with Gasteiger partial charge in [0.2, 0.25) is 0 Å². The number of aliphatic hydroxyl groups excluding tert-OH is 2. The molecule has 6 N–H and O–H groups in total. The van der Waals surface area contributed by atoms with E-state index >= 15 is 0 Å². The van der Waals surface area contributed by atoms with E-state index in [1.807, 2.05) is 87.5 Å². The van der Waals surface area contributed by atoms with Crippen molar-refractivity contribution >= 4 is 23.9 Å². The van der Waals surface area contributed by atoms with Crippen LogP contribution in [-0.2, 0) is 47.6 Å². The molecule has 0 spiro atoms. The van der Waals surface area contributed by atoms with Crippen LogP contribution in [0.4, 0.5) is 0 Å². The number of rotatable bonds is 18. The van der Waals surface area contributed by atoms with Gasteiger partial charge in [-0.1, -0.05) is 125 Å². The Kier molecular flexibility index (Phi) is 33.4. The molecule has 0 unspecified atom stereocenters. The summed E-state index contributed by atoms with van der Waals surface area (Å²) in [6.45, 7) is 36.0. The highest BCUT2D eigenvalue weighted by atomic mass is 16.6. The van der Waals surface area contributed by atoms with Gasteiger partial charge >= 0.3 is 23.9 Å². The van der Waals surface area contributed by atoms with Crippen LogP contribution in [-0.4, -0.2) is 138 Å². The molecule has 2 saturated heterocycles. The molecule has 20 atom stereocenters. The summed E-state index contributed by atoms with van der Waals surface area (Å²) in [6, 6.07) is 0. The van der Waals surface area contributed by atoms with Gasteiger partial charge in [-0.25, -0.2) is 0 Å². The molecular weight excluding hydrogens is 1050 g/mol. The van der Waals surface area contributed by atoms with Crippen molar-refractivity contribution in [3.05, 3.63) is 85.1 Å². The SMILES string of the molecule is C.C.C=C/C=C(\C)[C@H]1OC(=O)C[C@H](C)CC[C@@](C)(O)[C@@H](OC(C)=O)/C=C/[C@@H]1C.C=C[C@](C)(O)C[C@H]1O[C@@H]1[C@H](C)[C@@H](O)CC.CC[C@H](O)[C@@H](C)[C@H]1O[C@@H]1C[C@@](C)(O)/C=C/C=C(\C)[C@H]1OC(=O)C[C@H](C)CC[C@@](C)(O)[C@@H](OC(C)=O)/C=C/[C@@H]1C. The molecule has 0 amide bonds. The van der Waals surface area contributed by atoms with E-state index in [1.54, 1.807) is 64.2 Å². The van der Waals surface area contributed by atoms with Crippen molar-refractivity contribution in [2.24, 2.45) is 35.5 Å². The van der Waals surface area contributed by atoms with Crippen molar-refractivity contribution in [1.29, 1.82) is 0 Å². The second-order valence-corrected chi connectivity index (χ2v) is 24.5. The summed E-state index contributed by atoms with van der Waals surface area (Å²) in [5.74, 6) is -1.73. The Morgan fingerprint density at radius 1 is 0.683 bits per heavy atom. The molecule has 4 heterocycles. The van der Waals surface area contributed by atoms with Gasteiger partial charge < -0.3 is 59.1 Å². The van der Waals surface area contributed by atoms with Crippen molar-refractivity contribution in [2.45, 2.75) is 273 Å². The van der Waals surface area contributed by atoms with Gasteiger partial charge in [0.05, 0.1) is 47.8 Å². The average Bonchev–Trinajstić information content (AvgIpc) is 4.31. The third-order valence-corrected chi connectivity index (χ3v) is 15.9. The molecule has 4 aliphatic rings. The molecule has 0 aliphatic carbocycles. The summed E-state index contributed by atoms with van der Waals surface area (Å²) < 4.78 is 33.6. The fourth-order valence-corrected chi connectivity index (χ4v) is 10.1. The van der Waals surface area contributed by atoms with Crippen LogP contribution in [0.3, 0.4) is 0 Å². The second-order valence-electron chi connectivity index (χ2n) is 24.5. The number of hydrogen-bond acceptors (Lipinski definition) is 16. The Hall–Kier alpha value is -4.26. The number of aliphatic hydroxyl groups is 6. The van der Waals surface area contributed by atoms with Gasteiger partial charge in [0.25, 0.3) is 0 Å². The monoisotopic (exact) mass is 1160 g/mol. The van der Waals surface area contributed by atoms with Crippen LogP contribution in [0.2, 0.25) is 0 Å². The Morgan fingerprint density at radius 3 is 1.39 bits per heavy atom. The van der Waals surface area contributed by atoms with Gasteiger partial charge in [-0.2, -0.15) is 0 Å². The Labute approximate surface area is 494 Å². The Bertz CT molecular complexity index is 2150. The standard InChI is InChI=1S/C31H50O8.C21H32O5.C12H22O3.2CH4/c1-9-24(33)22(5)29-25(38-29)18-30(7,35)15-10-11-20(3)28-21(4)12-13-26(37-23(6)32)31(8,36)16-14-19(2)17-27(34)39-28;1-7-8-15(3)20-16(4)9-10-18(25-17(5)22)21(6,24)12-11-14(2)13-19(23)26-20;1-5-9(13)8(3)11-10(15-11)7-12(4,14)6-2;;/h10-13,15,19,21-22,24-26,28-29,33,35-36H,9,14,16-18H2,1-8H3;7-10,14,16,18,20,24H,1,11-13H2,2-6H3;6,8-11,13-14H,2,5,7H2,1,3-4H3;2*1H4/b13-12+,15-10+,20-11+;10-9+,15-8+;;;/t19-,21+,22-,24+,25-,26+,28-,29-,30+,31-;14-,16+,18+,20-,21-;8-,9+,10-,11-,12+;;/m111../s1. The van der Waals surface area contributed by atoms with Gasteiger partial charge in [0.15, 0.2) is 0 Å². The zero-order valence-electron chi connectivity index (χ0n) is 51.3. The number of allylic oxidation sites excluding steroid dienone is 4. The fourth-order valence-electron chi connectivity index (χ4n) is 10.1. The highest BCUT2D eigenvalue weighted by Crippen LogP contribution is 2.39. The van der Waals surface area contributed by atoms with Gasteiger partial charge in [-0.3, -0.25) is 19.2 Å². The lowest BCUT2D eigenvalue weighted by molar-refractivity contribution is -0.157. The van der Waals surface area contributed by atoms with Gasteiger partial charge in [0, 0.05) is 63.2 Å². The minimum absolute atomic E-state index is 0. The number of cyclic esters (lactones) is 2. The highest BCUT2D eigenvalue weighted by molar-refractivity contribution is 5.71. The molecule has 4 rings (SSSR count). The van der Waals surface area contributed by atoms with Crippen LogP contribution in [0.1, 0.15) is 190 Å². The van der Waals surface area contributed by atoms with E-state index in [2.05, 4.69) is 13.2 Å². The van der Waals surface area contributed by atoms with Crippen LogP contribution in [0, 0.1) is 35.5 Å². The first-order chi connectivity index (χ1) is 37.0. The van der Waals surface area contributed by atoms with Crippen molar-refractivity contribution in [2.75, 3.05) is 0 Å². The number of carbonyl (C=O) groups is 4. The first-order valence-electron chi connectivity index (χ1n) is 29.0. The van der Waals surface area contributed by atoms with E-state index in [0.29, 0.717) is 44.9 Å². The smallest absolute Gasteiger partial charge is 0.306 e. The van der Waals surface area contributed by atoms with Gasteiger partial charge in [0.1, 0.15) is 35.6 Å². The van der Waals surface area contributed by atoms with Crippen molar-refractivity contribution in [1.82, 2.24) is 0 Å². The van der Waals surface area contributed by atoms with E-state index in [4.69, 9.17) is 28.4 Å². The predicted molar refractivity (Wildman–Crippen MR) is 324 cm³/mol. The topological polar surface area (TPSA) is 252 Å². The van der Waals surface area contributed by atoms with E-state index in [9.17, 15) is 49.8 Å². The van der Waals surface area contributed by atoms with Gasteiger partial charge in [-0.15, -0.1) is 6.58 Å². The number of carbonyl (C=O) groups excluding carboxylic acids is 4. The first-order valence-corrected chi connectivity index (χ1v) is 29.0. The van der Waals surface area contributed by atoms with Crippen molar-refractivity contribution in [3.8, 4) is 0 Å². The van der Waals surface area contributed by atoms with E-state index < -0.39 is 64.9 Å². The Morgan fingerprint density at radius 2 is 1.05 bits per heavy atom. The Balaban J connectivity index is 0.00000131. The summed E-state index contributed by atoms with van der Waals surface area (Å²) in [5.41, 5.74) is -2.79. The molecule has 0 aromatic rings. The average molecular weight is 1160 g/mol. The molecule has 16 heteroatoms. The van der Waals surface area contributed by atoms with E-state index in [0.717, 1.165) is 17.6 Å². The lowest BCUT2D eigenvalue weighted by Gasteiger charge is -2.32. The molecule has 0 radical (unpaired) electrons. The lowest BCUT2D eigenvalue weighted by Crippen LogP contribution is -2.41. The number of ether oxygens (including phenoxy) is 6. The molecule has 2 fully saturated rings. The van der Waals surface area contributed by atoms with Gasteiger partial charge in [-0.05, 0) is 115 Å². The number of esters is 4. The zero-order valence-corrected chi connectivity index (χ0v) is 51.3. The molecule has 82 heavy (non-hydrogen) atoms. The maximum atomic E-state index is 12.8. The van der Waals surface area contributed by atoms with Crippen LogP contribution >= 0.6 is 0 Å². The fraction of sp³-hybridized carbons (Fsp3) is 0.727. The maximum Gasteiger partial charge on any atom is 0.306 e. The summed E-state index contributed by atoms with van der Waals surface area (Å²) in [6.07, 6.45) is 18.8. The molecule has 4 aliphatic heterocycles. The third kappa shape index (κ3) is 27.2. The van der Waals surface area contributed by atoms with Crippen LogP contribution in [0.5, 0.6) is 0 Å². The predicted octanol–water partition coefficient (Wildman–Crippen LogP) is 10.9. The van der Waals surface area contributed by atoms with Crippen LogP contribution in [0.25, 0.3) is 0 Å². The van der Waals surface area contributed by atoms with Crippen molar-refractivity contribution in [3.63, 3.8) is 0 Å². The molecule has 0 bridgehead atoms. The summed E-state index contributed by atoms with van der Waals surface area (Å²) >= 11 is 0. The number of hydrogen-bond donors (Lipinski definition) is 6. The quantitative estimate of drug-likeness (QED) is 0.0245. The lowest BCUT2D eigenvalue weighted by atomic mass is 9.87. The molecule has 0 saturated carbocycles. The molecular formula is C66H112O16. The summed E-state index contributed by atoms with van der Waals surface area (Å²) in [4.78, 5) is 48.2. The number of epoxide rings is 2. The minimum atomic E-state index is -1.27. The molecule has 472 valence electrons. The maximum absolute atomic E-state index is 12.8. The summed E-state index contributed by atoms with van der Waals surface area (Å²) in [5, 5.41) is 62.3. The molecule has 0 aromatic carbocycles. The molecule has 16 nitrogen and oxygen atoms in total. The zero-order chi connectivity index (χ0) is 61.1. The summed E-state index contributed by atoms with van der Waals surface area (Å²) in [7, 11) is 0. The second kappa shape index (κ2) is 35.3. The van der Waals surface area contributed by atoms with Crippen LogP contribution < -0.4 is 0 Å². The largest absolute Gasteiger partial charge is 0.457 e. The molecule has 0 aromatic heterocycles. The van der Waals surface area contributed by atoms with E-state index in [1.165, 1.54) is 19.9 Å². The first kappa shape index (κ1) is 77.7. The normalized spacial score (nSPS) is 34.7. The van der Waals surface area contributed by atoms with Crippen LogP contribution in [0.15, 0.2) is 85.1 Å². The third-order valence-electron chi connectivity index (χ3n) is 15.9. The van der Waals surface area contributed by atoms with E-state index in [-0.39, 0.29) is 106 Å². The van der Waals surface area contributed by atoms with Crippen molar-refractivity contribution < 1.29 is 78.2 Å².